The number of halogens is 2. The van der Waals surface area contributed by atoms with E-state index in [1.165, 1.54) is 25.1 Å². The van der Waals surface area contributed by atoms with E-state index in [1.807, 2.05) is 0 Å². The Bertz CT molecular complexity index is 332. The maximum atomic E-state index is 13.1. The van der Waals surface area contributed by atoms with Gasteiger partial charge in [-0.25, -0.2) is 8.78 Å². The largest absolute Gasteiger partial charge is 0.327 e. The molecule has 0 aliphatic carbocycles. The molecule has 0 atom stereocenters. The van der Waals surface area contributed by atoms with Crippen molar-refractivity contribution in [2.24, 2.45) is 5.73 Å². The first-order valence-corrected chi connectivity index (χ1v) is 3.98. The van der Waals surface area contributed by atoms with E-state index in [2.05, 4.69) is 0 Å². The van der Waals surface area contributed by atoms with E-state index >= 15 is 0 Å². The van der Waals surface area contributed by atoms with Crippen molar-refractivity contribution in [1.82, 2.24) is 0 Å². The minimum Gasteiger partial charge on any atom is -0.327 e. The normalized spacial score (nSPS) is 11.1. The zero-order valence-electron chi connectivity index (χ0n) is 7.35. The smallest absolute Gasteiger partial charge is 0.166 e. The molecule has 1 nitrogen and oxygen atoms in total. The summed E-state index contributed by atoms with van der Waals surface area (Å²) in [6.07, 6.45) is 3.05. The molecule has 3 heteroatoms. The minimum absolute atomic E-state index is 0.230. The van der Waals surface area contributed by atoms with Crippen LogP contribution in [0, 0.1) is 18.6 Å². The van der Waals surface area contributed by atoms with Crippen LogP contribution in [0.2, 0.25) is 0 Å². The quantitative estimate of drug-likeness (QED) is 0.747. The van der Waals surface area contributed by atoms with E-state index in [4.69, 9.17) is 5.73 Å². The van der Waals surface area contributed by atoms with Crippen LogP contribution in [0.25, 0.3) is 6.08 Å². The maximum Gasteiger partial charge on any atom is 0.166 e. The summed E-state index contributed by atoms with van der Waals surface area (Å²) < 4.78 is 26.1. The van der Waals surface area contributed by atoms with E-state index in [0.29, 0.717) is 12.1 Å². The second-order valence-electron chi connectivity index (χ2n) is 2.74. The molecule has 0 aromatic heterocycles. The zero-order chi connectivity index (χ0) is 9.84. The lowest BCUT2D eigenvalue weighted by molar-refractivity contribution is 0.501. The molecule has 1 rings (SSSR count). The molecule has 0 aliphatic rings. The molecule has 0 bridgehead atoms. The fourth-order valence-electron chi connectivity index (χ4n) is 0.985. The van der Waals surface area contributed by atoms with Crippen molar-refractivity contribution in [1.29, 1.82) is 0 Å². The molecule has 0 amide bonds. The van der Waals surface area contributed by atoms with Gasteiger partial charge in [-0.15, -0.1) is 0 Å². The molecule has 0 heterocycles. The third-order valence-corrected chi connectivity index (χ3v) is 1.74. The highest BCUT2D eigenvalue weighted by Crippen LogP contribution is 2.16. The predicted molar refractivity (Wildman–Crippen MR) is 49.2 cm³/mol. The van der Waals surface area contributed by atoms with Crippen molar-refractivity contribution in [3.63, 3.8) is 0 Å². The Hall–Kier alpha value is -1.22. The maximum absolute atomic E-state index is 13.1. The summed E-state index contributed by atoms with van der Waals surface area (Å²) in [7, 11) is 0. The standard InChI is InChI=1S/C10H11F2N/c1-7-4-5-8(3-2-6-13)10(12)9(7)11/h2-5H,6,13H2,1H3/b3-2+. The highest BCUT2D eigenvalue weighted by Gasteiger charge is 2.07. The number of hydrogen-bond acceptors (Lipinski definition) is 1. The lowest BCUT2D eigenvalue weighted by atomic mass is 10.1. The third-order valence-electron chi connectivity index (χ3n) is 1.74. The van der Waals surface area contributed by atoms with E-state index in [-0.39, 0.29) is 5.56 Å². The Morgan fingerprint density at radius 1 is 1.31 bits per heavy atom. The molecule has 0 saturated heterocycles. The average molecular weight is 183 g/mol. The van der Waals surface area contributed by atoms with Gasteiger partial charge in [0.05, 0.1) is 0 Å². The van der Waals surface area contributed by atoms with Gasteiger partial charge in [0.15, 0.2) is 11.6 Å². The molecule has 2 N–H and O–H groups in total. The molecule has 13 heavy (non-hydrogen) atoms. The van der Waals surface area contributed by atoms with Gasteiger partial charge in [0.25, 0.3) is 0 Å². The van der Waals surface area contributed by atoms with Gasteiger partial charge in [0.1, 0.15) is 0 Å². The number of aryl methyl sites for hydroxylation is 1. The van der Waals surface area contributed by atoms with Gasteiger partial charge >= 0.3 is 0 Å². The second-order valence-corrected chi connectivity index (χ2v) is 2.74. The molecule has 0 unspecified atom stereocenters. The van der Waals surface area contributed by atoms with Crippen LogP contribution in [0.1, 0.15) is 11.1 Å². The van der Waals surface area contributed by atoms with Crippen LogP contribution in [-0.2, 0) is 0 Å². The molecule has 0 radical (unpaired) electrons. The fourth-order valence-corrected chi connectivity index (χ4v) is 0.985. The van der Waals surface area contributed by atoms with Crippen LogP contribution < -0.4 is 5.73 Å². The van der Waals surface area contributed by atoms with E-state index in [1.54, 1.807) is 6.08 Å². The molecular formula is C10H11F2N. The molecular weight excluding hydrogens is 172 g/mol. The topological polar surface area (TPSA) is 26.0 Å². The third kappa shape index (κ3) is 2.12. The van der Waals surface area contributed by atoms with E-state index in [0.717, 1.165) is 0 Å². The number of benzene rings is 1. The average Bonchev–Trinajstić information content (AvgIpc) is 2.13. The van der Waals surface area contributed by atoms with Crippen molar-refractivity contribution < 1.29 is 8.78 Å². The van der Waals surface area contributed by atoms with Crippen LogP contribution in [0.3, 0.4) is 0 Å². The van der Waals surface area contributed by atoms with Gasteiger partial charge in [-0.05, 0) is 12.5 Å². The summed E-state index contributed by atoms with van der Waals surface area (Å²) in [4.78, 5) is 0. The van der Waals surface area contributed by atoms with Crippen LogP contribution in [-0.4, -0.2) is 6.54 Å². The molecule has 0 spiro atoms. The Labute approximate surface area is 75.9 Å². The second kappa shape index (κ2) is 4.14. The Kier molecular flexibility index (Phi) is 3.14. The lowest BCUT2D eigenvalue weighted by Crippen LogP contribution is -1.95. The van der Waals surface area contributed by atoms with Crippen molar-refractivity contribution in [3.8, 4) is 0 Å². The van der Waals surface area contributed by atoms with Gasteiger partial charge in [-0.1, -0.05) is 24.3 Å². The summed E-state index contributed by atoms with van der Waals surface area (Å²) in [6.45, 7) is 1.84. The van der Waals surface area contributed by atoms with Crippen LogP contribution in [0.4, 0.5) is 8.78 Å². The Balaban J connectivity index is 3.11. The number of nitrogens with two attached hydrogens (primary N) is 1. The van der Waals surface area contributed by atoms with E-state index < -0.39 is 11.6 Å². The van der Waals surface area contributed by atoms with E-state index in [9.17, 15) is 8.78 Å². The molecule has 0 aliphatic heterocycles. The first-order valence-electron chi connectivity index (χ1n) is 3.98. The van der Waals surface area contributed by atoms with Gasteiger partial charge in [-0.2, -0.15) is 0 Å². The molecule has 1 aromatic rings. The fraction of sp³-hybridized carbons (Fsp3) is 0.200. The van der Waals surface area contributed by atoms with Crippen LogP contribution in [0.15, 0.2) is 18.2 Å². The summed E-state index contributed by atoms with van der Waals surface area (Å²) in [5.74, 6) is -1.61. The SMILES string of the molecule is Cc1ccc(/C=C/CN)c(F)c1F. The Morgan fingerprint density at radius 2 is 2.00 bits per heavy atom. The highest BCUT2D eigenvalue weighted by molar-refractivity contribution is 5.51. The first-order chi connectivity index (χ1) is 6.16. The van der Waals surface area contributed by atoms with Gasteiger partial charge in [0.2, 0.25) is 0 Å². The summed E-state index contributed by atoms with van der Waals surface area (Å²) >= 11 is 0. The van der Waals surface area contributed by atoms with Crippen molar-refractivity contribution in [2.75, 3.05) is 6.54 Å². The molecule has 0 saturated carbocycles. The van der Waals surface area contributed by atoms with Gasteiger partial charge in [0, 0.05) is 12.1 Å². The molecule has 0 fully saturated rings. The first kappa shape index (κ1) is 9.86. The van der Waals surface area contributed by atoms with Crippen LogP contribution in [0.5, 0.6) is 0 Å². The predicted octanol–water partition coefficient (Wildman–Crippen LogP) is 2.25. The summed E-state index contributed by atoms with van der Waals surface area (Å²) in [5, 5.41) is 0. The minimum atomic E-state index is -0.815. The monoisotopic (exact) mass is 183 g/mol. The number of hydrogen-bond donors (Lipinski definition) is 1. The van der Waals surface area contributed by atoms with Crippen molar-refractivity contribution in [3.05, 3.63) is 41.0 Å². The summed E-state index contributed by atoms with van der Waals surface area (Å²) in [6, 6.07) is 3.06. The van der Waals surface area contributed by atoms with Crippen molar-refractivity contribution >= 4 is 6.08 Å². The Morgan fingerprint density at radius 3 is 2.62 bits per heavy atom. The molecule has 1 aromatic carbocycles. The van der Waals surface area contributed by atoms with Crippen molar-refractivity contribution in [2.45, 2.75) is 6.92 Å². The summed E-state index contributed by atoms with van der Waals surface area (Å²) in [5.41, 5.74) is 5.73. The van der Waals surface area contributed by atoms with Gasteiger partial charge < -0.3 is 5.73 Å². The van der Waals surface area contributed by atoms with Gasteiger partial charge in [-0.3, -0.25) is 0 Å². The lowest BCUT2D eigenvalue weighted by Gasteiger charge is -2.00. The van der Waals surface area contributed by atoms with Crippen LogP contribution >= 0.6 is 0 Å². The zero-order valence-corrected chi connectivity index (χ0v) is 7.35. The highest BCUT2D eigenvalue weighted by atomic mass is 19.2. The number of rotatable bonds is 2. The molecule has 70 valence electrons.